The van der Waals surface area contributed by atoms with E-state index < -0.39 is 10.0 Å². The van der Waals surface area contributed by atoms with Crippen LogP contribution in [0.5, 0.6) is 23.0 Å². The SMILES string of the molecule is COc1ccc(S(=O)(=O)Nc2ccc(Oc3ccccc3)cc2)cc1OC. The third-order valence-electron chi connectivity index (χ3n) is 3.75. The second-order valence-corrected chi connectivity index (χ2v) is 7.24. The molecule has 0 unspecified atom stereocenters. The molecule has 0 amide bonds. The fraction of sp³-hybridized carbons (Fsp3) is 0.100. The van der Waals surface area contributed by atoms with Crippen LogP contribution in [0.3, 0.4) is 0 Å². The highest BCUT2D eigenvalue weighted by molar-refractivity contribution is 7.92. The van der Waals surface area contributed by atoms with Crippen molar-refractivity contribution in [3.63, 3.8) is 0 Å². The highest BCUT2D eigenvalue weighted by atomic mass is 32.2. The Morgan fingerprint density at radius 1 is 0.741 bits per heavy atom. The highest BCUT2D eigenvalue weighted by Gasteiger charge is 2.17. The predicted molar refractivity (Wildman–Crippen MR) is 103 cm³/mol. The molecule has 27 heavy (non-hydrogen) atoms. The number of ether oxygens (including phenoxy) is 3. The van der Waals surface area contributed by atoms with E-state index in [4.69, 9.17) is 14.2 Å². The smallest absolute Gasteiger partial charge is 0.262 e. The Morgan fingerprint density at radius 3 is 2.00 bits per heavy atom. The van der Waals surface area contributed by atoms with Gasteiger partial charge in [-0.05, 0) is 48.5 Å². The molecule has 0 bridgehead atoms. The number of para-hydroxylation sites is 1. The van der Waals surface area contributed by atoms with Crippen LogP contribution in [-0.4, -0.2) is 22.6 Å². The van der Waals surface area contributed by atoms with Crippen molar-refractivity contribution in [2.45, 2.75) is 4.90 Å². The first kappa shape index (κ1) is 18.6. The summed E-state index contributed by atoms with van der Waals surface area (Å²) in [5.41, 5.74) is 0.421. The first-order valence-corrected chi connectivity index (χ1v) is 9.58. The van der Waals surface area contributed by atoms with E-state index in [1.165, 1.54) is 26.4 Å². The van der Waals surface area contributed by atoms with Crippen LogP contribution in [0, 0.1) is 0 Å². The molecule has 0 aromatic heterocycles. The lowest BCUT2D eigenvalue weighted by Gasteiger charge is -2.12. The van der Waals surface area contributed by atoms with Gasteiger partial charge in [0.15, 0.2) is 11.5 Å². The van der Waals surface area contributed by atoms with Crippen molar-refractivity contribution in [1.82, 2.24) is 0 Å². The van der Waals surface area contributed by atoms with E-state index in [0.29, 0.717) is 28.7 Å². The molecule has 140 valence electrons. The molecule has 3 aromatic rings. The van der Waals surface area contributed by atoms with E-state index >= 15 is 0 Å². The lowest BCUT2D eigenvalue weighted by Crippen LogP contribution is -2.13. The summed E-state index contributed by atoms with van der Waals surface area (Å²) in [4.78, 5) is 0.0739. The van der Waals surface area contributed by atoms with Gasteiger partial charge in [-0.2, -0.15) is 0 Å². The van der Waals surface area contributed by atoms with Gasteiger partial charge in [0.05, 0.1) is 19.1 Å². The van der Waals surface area contributed by atoms with Crippen LogP contribution in [0.15, 0.2) is 77.7 Å². The molecule has 7 heteroatoms. The van der Waals surface area contributed by atoms with Crippen LogP contribution in [-0.2, 0) is 10.0 Å². The number of hydrogen-bond donors (Lipinski definition) is 1. The number of hydrogen-bond acceptors (Lipinski definition) is 5. The van der Waals surface area contributed by atoms with Gasteiger partial charge in [-0.15, -0.1) is 0 Å². The maximum atomic E-state index is 12.6. The standard InChI is InChI=1S/C20H19NO5S/c1-24-19-13-12-18(14-20(19)25-2)27(22,23)21-15-8-10-17(11-9-15)26-16-6-4-3-5-7-16/h3-14,21H,1-2H3. The molecular formula is C20H19NO5S. The number of sulfonamides is 1. The Morgan fingerprint density at radius 2 is 1.37 bits per heavy atom. The lowest BCUT2D eigenvalue weighted by atomic mass is 10.3. The first-order chi connectivity index (χ1) is 13.0. The van der Waals surface area contributed by atoms with Gasteiger partial charge < -0.3 is 14.2 Å². The summed E-state index contributed by atoms with van der Waals surface area (Å²) in [5, 5.41) is 0. The molecule has 0 saturated heterocycles. The normalized spacial score (nSPS) is 10.9. The summed E-state index contributed by atoms with van der Waals surface area (Å²) in [5.74, 6) is 2.11. The van der Waals surface area contributed by atoms with Gasteiger partial charge >= 0.3 is 0 Å². The van der Waals surface area contributed by atoms with Crippen molar-refractivity contribution < 1.29 is 22.6 Å². The zero-order chi connectivity index (χ0) is 19.3. The molecule has 0 heterocycles. The van der Waals surface area contributed by atoms with Gasteiger partial charge in [0.25, 0.3) is 10.0 Å². The van der Waals surface area contributed by atoms with Crippen LogP contribution in [0.25, 0.3) is 0 Å². The average molecular weight is 385 g/mol. The minimum Gasteiger partial charge on any atom is -0.493 e. The monoisotopic (exact) mass is 385 g/mol. The summed E-state index contributed by atoms with van der Waals surface area (Å²) in [7, 11) is -0.828. The number of anilines is 1. The van der Waals surface area contributed by atoms with E-state index in [1.807, 2.05) is 30.3 Å². The van der Waals surface area contributed by atoms with Gasteiger partial charge in [0, 0.05) is 11.8 Å². The summed E-state index contributed by atoms with van der Waals surface area (Å²) < 4.78 is 43.7. The largest absolute Gasteiger partial charge is 0.493 e. The third kappa shape index (κ3) is 4.51. The van der Waals surface area contributed by atoms with Crippen LogP contribution >= 0.6 is 0 Å². The Kier molecular flexibility index (Phi) is 5.52. The molecule has 0 aliphatic heterocycles. The van der Waals surface area contributed by atoms with Crippen molar-refractivity contribution in [3.05, 3.63) is 72.8 Å². The minimum atomic E-state index is -3.77. The van der Waals surface area contributed by atoms with Crippen molar-refractivity contribution in [1.29, 1.82) is 0 Å². The second-order valence-electron chi connectivity index (χ2n) is 5.56. The molecule has 0 spiro atoms. The van der Waals surface area contributed by atoms with Gasteiger partial charge in [-0.25, -0.2) is 8.42 Å². The maximum absolute atomic E-state index is 12.6. The van der Waals surface area contributed by atoms with E-state index in [1.54, 1.807) is 30.3 Å². The molecule has 3 aromatic carbocycles. The Balaban J connectivity index is 1.76. The summed E-state index contributed by atoms with van der Waals surface area (Å²) in [6.45, 7) is 0. The number of benzene rings is 3. The Hall–Kier alpha value is -3.19. The molecule has 0 fully saturated rings. The fourth-order valence-corrected chi connectivity index (χ4v) is 3.49. The third-order valence-corrected chi connectivity index (χ3v) is 5.13. The fourth-order valence-electron chi connectivity index (χ4n) is 2.41. The molecule has 0 aliphatic rings. The predicted octanol–water partition coefficient (Wildman–Crippen LogP) is 4.30. The molecule has 0 atom stereocenters. The molecule has 0 saturated carbocycles. The summed E-state index contributed by atoms with van der Waals surface area (Å²) >= 11 is 0. The van der Waals surface area contributed by atoms with Crippen molar-refractivity contribution in [2.75, 3.05) is 18.9 Å². The van der Waals surface area contributed by atoms with E-state index in [2.05, 4.69) is 4.72 Å². The van der Waals surface area contributed by atoms with Gasteiger partial charge in [-0.1, -0.05) is 18.2 Å². The van der Waals surface area contributed by atoms with Crippen molar-refractivity contribution >= 4 is 15.7 Å². The van der Waals surface area contributed by atoms with E-state index in [-0.39, 0.29) is 4.90 Å². The molecular weight excluding hydrogens is 366 g/mol. The Labute approximate surface area is 158 Å². The average Bonchev–Trinajstić information content (AvgIpc) is 2.69. The maximum Gasteiger partial charge on any atom is 0.262 e. The lowest BCUT2D eigenvalue weighted by molar-refractivity contribution is 0.354. The quantitative estimate of drug-likeness (QED) is 0.656. The summed E-state index contributed by atoms with van der Waals surface area (Å²) in [6.07, 6.45) is 0. The van der Waals surface area contributed by atoms with Gasteiger partial charge in [-0.3, -0.25) is 4.72 Å². The first-order valence-electron chi connectivity index (χ1n) is 8.09. The molecule has 0 radical (unpaired) electrons. The topological polar surface area (TPSA) is 73.9 Å². The summed E-state index contributed by atoms with van der Waals surface area (Å²) in [6, 6.07) is 20.4. The highest BCUT2D eigenvalue weighted by Crippen LogP contribution is 2.30. The molecule has 3 rings (SSSR count). The van der Waals surface area contributed by atoms with Crippen molar-refractivity contribution in [2.24, 2.45) is 0 Å². The van der Waals surface area contributed by atoms with Crippen LogP contribution < -0.4 is 18.9 Å². The van der Waals surface area contributed by atoms with Gasteiger partial charge in [0.2, 0.25) is 0 Å². The number of methoxy groups -OCH3 is 2. The molecule has 6 nitrogen and oxygen atoms in total. The second kappa shape index (κ2) is 8.01. The molecule has 1 N–H and O–H groups in total. The Bertz CT molecular complexity index is 1000. The number of nitrogens with one attached hydrogen (secondary N) is 1. The van der Waals surface area contributed by atoms with Crippen LogP contribution in [0.2, 0.25) is 0 Å². The van der Waals surface area contributed by atoms with Crippen molar-refractivity contribution in [3.8, 4) is 23.0 Å². The molecule has 0 aliphatic carbocycles. The van der Waals surface area contributed by atoms with E-state index in [0.717, 1.165) is 0 Å². The van der Waals surface area contributed by atoms with E-state index in [9.17, 15) is 8.42 Å². The number of rotatable bonds is 7. The zero-order valence-corrected chi connectivity index (χ0v) is 15.7. The zero-order valence-electron chi connectivity index (χ0n) is 14.9. The van der Waals surface area contributed by atoms with Crippen LogP contribution in [0.1, 0.15) is 0 Å². The van der Waals surface area contributed by atoms with Crippen LogP contribution in [0.4, 0.5) is 5.69 Å². The minimum absolute atomic E-state index is 0.0739. The van der Waals surface area contributed by atoms with Gasteiger partial charge in [0.1, 0.15) is 11.5 Å².